The fourth-order valence-electron chi connectivity index (χ4n) is 1.85. The molecule has 2 N–H and O–H groups in total. The van der Waals surface area contributed by atoms with Gasteiger partial charge in [0.25, 0.3) is 0 Å². The molecule has 0 bridgehead atoms. The van der Waals surface area contributed by atoms with E-state index in [4.69, 9.17) is 4.74 Å². The highest BCUT2D eigenvalue weighted by Gasteiger charge is 2.08. The molecule has 1 aromatic heterocycles. The molecule has 20 heavy (non-hydrogen) atoms. The normalized spacial score (nSPS) is 12.5. The summed E-state index contributed by atoms with van der Waals surface area (Å²) in [7, 11) is 1.85. The molecule has 0 aliphatic heterocycles. The summed E-state index contributed by atoms with van der Waals surface area (Å²) in [6, 6.07) is 9.88. The van der Waals surface area contributed by atoms with Crippen molar-refractivity contribution in [3.63, 3.8) is 0 Å². The van der Waals surface area contributed by atoms with E-state index in [9.17, 15) is 5.11 Å². The van der Waals surface area contributed by atoms with Crippen LogP contribution in [-0.4, -0.2) is 39.9 Å². The SMILES string of the molecule is CNCc1cn(CC(O)COCc2ccccc2)nn1. The third-order valence-electron chi connectivity index (χ3n) is 2.76. The average molecular weight is 276 g/mol. The lowest BCUT2D eigenvalue weighted by molar-refractivity contribution is 0.0185. The van der Waals surface area contributed by atoms with Crippen molar-refractivity contribution in [3.05, 3.63) is 47.8 Å². The molecule has 0 aliphatic rings. The zero-order chi connectivity index (χ0) is 14.2. The number of aliphatic hydroxyl groups is 1. The largest absolute Gasteiger partial charge is 0.389 e. The Hall–Kier alpha value is -1.76. The van der Waals surface area contributed by atoms with Crippen molar-refractivity contribution < 1.29 is 9.84 Å². The van der Waals surface area contributed by atoms with E-state index in [0.29, 0.717) is 19.7 Å². The van der Waals surface area contributed by atoms with Gasteiger partial charge in [-0.3, -0.25) is 0 Å². The Morgan fingerprint density at radius 2 is 2.15 bits per heavy atom. The first kappa shape index (κ1) is 14.6. The molecule has 2 aromatic rings. The van der Waals surface area contributed by atoms with Gasteiger partial charge in [-0.1, -0.05) is 35.5 Å². The fourth-order valence-corrected chi connectivity index (χ4v) is 1.85. The second-order valence-electron chi connectivity index (χ2n) is 4.62. The van der Waals surface area contributed by atoms with Gasteiger partial charge in [0.2, 0.25) is 0 Å². The number of rotatable bonds is 8. The molecular formula is C14H20N4O2. The van der Waals surface area contributed by atoms with Crippen molar-refractivity contribution in [1.82, 2.24) is 20.3 Å². The van der Waals surface area contributed by atoms with Crippen molar-refractivity contribution in [1.29, 1.82) is 0 Å². The van der Waals surface area contributed by atoms with E-state index in [1.54, 1.807) is 4.68 Å². The van der Waals surface area contributed by atoms with Crippen LogP contribution in [-0.2, 0) is 24.4 Å². The highest BCUT2D eigenvalue weighted by atomic mass is 16.5. The number of nitrogens with zero attached hydrogens (tertiary/aromatic N) is 3. The van der Waals surface area contributed by atoms with Gasteiger partial charge in [0.05, 0.1) is 31.6 Å². The molecule has 2 rings (SSSR count). The number of hydrogen-bond acceptors (Lipinski definition) is 5. The maximum atomic E-state index is 9.89. The predicted octanol–water partition coefficient (Wildman–Crippen LogP) is 0.575. The van der Waals surface area contributed by atoms with Gasteiger partial charge in [-0.15, -0.1) is 5.10 Å². The number of aromatic nitrogens is 3. The Kier molecular flexibility index (Phi) is 5.67. The van der Waals surface area contributed by atoms with E-state index in [-0.39, 0.29) is 6.61 Å². The van der Waals surface area contributed by atoms with E-state index >= 15 is 0 Å². The summed E-state index contributed by atoms with van der Waals surface area (Å²) < 4.78 is 7.11. The Morgan fingerprint density at radius 1 is 1.35 bits per heavy atom. The van der Waals surface area contributed by atoms with Crippen LogP contribution >= 0.6 is 0 Å². The van der Waals surface area contributed by atoms with Gasteiger partial charge < -0.3 is 15.2 Å². The monoisotopic (exact) mass is 276 g/mol. The molecule has 108 valence electrons. The standard InChI is InChI=1S/C14H20N4O2/c1-15-7-13-8-18(17-16-13)9-14(19)11-20-10-12-5-3-2-4-6-12/h2-6,8,14-15,19H,7,9-11H2,1H3. The fraction of sp³-hybridized carbons (Fsp3) is 0.429. The van der Waals surface area contributed by atoms with Crippen LogP contribution in [0, 0.1) is 0 Å². The minimum Gasteiger partial charge on any atom is -0.389 e. The number of nitrogens with one attached hydrogen (secondary N) is 1. The van der Waals surface area contributed by atoms with Gasteiger partial charge in [0.1, 0.15) is 0 Å². The van der Waals surface area contributed by atoms with E-state index in [2.05, 4.69) is 15.6 Å². The van der Waals surface area contributed by atoms with E-state index < -0.39 is 6.10 Å². The maximum absolute atomic E-state index is 9.89. The highest BCUT2D eigenvalue weighted by Crippen LogP contribution is 2.02. The molecule has 0 saturated heterocycles. The molecule has 6 heteroatoms. The van der Waals surface area contributed by atoms with Gasteiger partial charge in [-0.05, 0) is 12.6 Å². The molecule has 1 aromatic carbocycles. The quantitative estimate of drug-likeness (QED) is 0.738. The summed E-state index contributed by atoms with van der Waals surface area (Å²) >= 11 is 0. The first-order valence-electron chi connectivity index (χ1n) is 6.61. The summed E-state index contributed by atoms with van der Waals surface area (Å²) in [6.07, 6.45) is 1.22. The van der Waals surface area contributed by atoms with Crippen molar-refractivity contribution in [2.75, 3.05) is 13.7 Å². The first-order chi connectivity index (χ1) is 9.78. The Morgan fingerprint density at radius 3 is 2.90 bits per heavy atom. The molecule has 0 saturated carbocycles. The molecule has 1 atom stereocenters. The summed E-state index contributed by atoms with van der Waals surface area (Å²) in [5, 5.41) is 20.8. The smallest absolute Gasteiger partial charge is 0.0969 e. The molecule has 0 aliphatic carbocycles. The van der Waals surface area contributed by atoms with E-state index in [0.717, 1.165) is 11.3 Å². The molecule has 1 unspecified atom stereocenters. The van der Waals surface area contributed by atoms with Crippen molar-refractivity contribution in [2.24, 2.45) is 0 Å². The van der Waals surface area contributed by atoms with Crippen molar-refractivity contribution in [2.45, 2.75) is 25.8 Å². The van der Waals surface area contributed by atoms with Gasteiger partial charge in [0, 0.05) is 12.7 Å². The van der Waals surface area contributed by atoms with Crippen LogP contribution in [0.15, 0.2) is 36.5 Å². The lowest BCUT2D eigenvalue weighted by atomic mass is 10.2. The Labute approximate surface area is 118 Å². The highest BCUT2D eigenvalue weighted by molar-refractivity contribution is 5.13. The van der Waals surface area contributed by atoms with E-state index in [1.165, 1.54) is 0 Å². The zero-order valence-corrected chi connectivity index (χ0v) is 11.6. The third-order valence-corrected chi connectivity index (χ3v) is 2.76. The summed E-state index contributed by atoms with van der Waals surface area (Å²) in [5.41, 5.74) is 1.95. The molecule has 6 nitrogen and oxygen atoms in total. The number of aliphatic hydroxyl groups excluding tert-OH is 1. The predicted molar refractivity (Wildman–Crippen MR) is 74.9 cm³/mol. The van der Waals surface area contributed by atoms with Crippen LogP contribution in [0.25, 0.3) is 0 Å². The first-order valence-corrected chi connectivity index (χ1v) is 6.61. The van der Waals surface area contributed by atoms with Crippen LogP contribution in [0.1, 0.15) is 11.3 Å². The van der Waals surface area contributed by atoms with E-state index in [1.807, 2.05) is 43.6 Å². The van der Waals surface area contributed by atoms with Crippen LogP contribution in [0.4, 0.5) is 0 Å². The van der Waals surface area contributed by atoms with Crippen LogP contribution in [0.3, 0.4) is 0 Å². The number of benzene rings is 1. The second kappa shape index (κ2) is 7.74. The summed E-state index contributed by atoms with van der Waals surface area (Å²) in [6.45, 7) is 1.82. The molecule has 1 heterocycles. The number of hydrogen-bond donors (Lipinski definition) is 2. The van der Waals surface area contributed by atoms with Gasteiger partial charge in [0.15, 0.2) is 0 Å². The lowest BCUT2D eigenvalue weighted by Gasteiger charge is -2.11. The van der Waals surface area contributed by atoms with Crippen LogP contribution in [0.2, 0.25) is 0 Å². The minimum atomic E-state index is -0.595. The Bertz CT molecular complexity index is 501. The molecular weight excluding hydrogens is 256 g/mol. The topological polar surface area (TPSA) is 72.2 Å². The maximum Gasteiger partial charge on any atom is 0.0969 e. The second-order valence-corrected chi connectivity index (χ2v) is 4.62. The van der Waals surface area contributed by atoms with Gasteiger partial charge >= 0.3 is 0 Å². The molecule has 0 amide bonds. The van der Waals surface area contributed by atoms with Gasteiger partial charge in [-0.25, -0.2) is 4.68 Å². The molecule has 0 spiro atoms. The summed E-state index contributed by atoms with van der Waals surface area (Å²) in [5.74, 6) is 0. The van der Waals surface area contributed by atoms with Gasteiger partial charge in [-0.2, -0.15) is 0 Å². The summed E-state index contributed by atoms with van der Waals surface area (Å²) in [4.78, 5) is 0. The lowest BCUT2D eigenvalue weighted by Crippen LogP contribution is -2.22. The molecule has 0 fully saturated rings. The van der Waals surface area contributed by atoms with Crippen LogP contribution < -0.4 is 5.32 Å². The number of ether oxygens (including phenoxy) is 1. The molecule has 0 radical (unpaired) electrons. The van der Waals surface area contributed by atoms with Crippen molar-refractivity contribution >= 4 is 0 Å². The zero-order valence-electron chi connectivity index (χ0n) is 11.6. The average Bonchev–Trinajstić information content (AvgIpc) is 2.88. The minimum absolute atomic E-state index is 0.274. The van der Waals surface area contributed by atoms with Crippen molar-refractivity contribution in [3.8, 4) is 0 Å². The third kappa shape index (κ3) is 4.73. The van der Waals surface area contributed by atoms with Crippen LogP contribution in [0.5, 0.6) is 0 Å². The Balaban J connectivity index is 1.70.